The van der Waals surface area contributed by atoms with Crippen LogP contribution in [0, 0.1) is 6.92 Å². The number of aromatic nitrogens is 1. The quantitative estimate of drug-likeness (QED) is 0.911. The lowest BCUT2D eigenvalue weighted by Gasteiger charge is -2.26. The fourth-order valence-electron chi connectivity index (χ4n) is 3.30. The van der Waals surface area contributed by atoms with Crippen molar-refractivity contribution in [1.82, 2.24) is 9.88 Å². The summed E-state index contributed by atoms with van der Waals surface area (Å²) in [4.78, 5) is 20.9. The lowest BCUT2D eigenvalue weighted by molar-refractivity contribution is -0.140. The third-order valence-corrected chi connectivity index (χ3v) is 4.80. The number of ether oxygens (including phenoxy) is 1. The smallest absolute Gasteiger partial charge is 0.256 e. The molecular weight excluding hydrogens is 330 g/mol. The van der Waals surface area contributed by atoms with Gasteiger partial charge in [0.1, 0.15) is 5.75 Å². The molecule has 6 nitrogen and oxygen atoms in total. The Bertz CT molecular complexity index is 748. The third-order valence-electron chi connectivity index (χ3n) is 4.80. The number of hydrogen-bond donors (Lipinski definition) is 1. The zero-order valence-electron chi connectivity index (χ0n) is 15.3. The fraction of sp³-hybridized carbons (Fsp3) is 0.400. The second-order valence-electron chi connectivity index (χ2n) is 6.50. The lowest BCUT2D eigenvalue weighted by Crippen LogP contribution is -2.38. The summed E-state index contributed by atoms with van der Waals surface area (Å²) in [5, 5.41) is 10.5. The number of methoxy groups -OCH3 is 1. The number of nitrogens with zero attached hydrogens (tertiary/aromatic N) is 3. The summed E-state index contributed by atoms with van der Waals surface area (Å²) in [5.41, 5.74) is 2.87. The normalized spacial score (nSPS) is 16.1. The summed E-state index contributed by atoms with van der Waals surface area (Å²) in [6.45, 7) is 4.91. The highest BCUT2D eigenvalue weighted by atomic mass is 16.5. The van der Waals surface area contributed by atoms with E-state index in [1.54, 1.807) is 42.5 Å². The van der Waals surface area contributed by atoms with E-state index in [1.807, 2.05) is 19.2 Å². The summed E-state index contributed by atoms with van der Waals surface area (Å²) in [7, 11) is 1.59. The largest absolute Gasteiger partial charge is 0.497 e. The van der Waals surface area contributed by atoms with Crippen LogP contribution in [0.4, 0.5) is 5.69 Å². The summed E-state index contributed by atoms with van der Waals surface area (Å²) in [5.74, 6) is 0.454. The van der Waals surface area contributed by atoms with E-state index >= 15 is 0 Å². The van der Waals surface area contributed by atoms with Crippen LogP contribution in [0.15, 0.2) is 42.7 Å². The van der Waals surface area contributed by atoms with Crippen molar-refractivity contribution < 1.29 is 14.6 Å². The molecule has 1 aliphatic rings. The summed E-state index contributed by atoms with van der Waals surface area (Å²) < 4.78 is 5.12. The molecule has 0 aliphatic carbocycles. The molecule has 1 N–H and O–H groups in total. The number of carbonyl (C=O) groups excluding carboxylic acids is 1. The molecule has 1 fully saturated rings. The number of rotatable bonds is 4. The minimum absolute atomic E-state index is 0.247. The number of carbonyl (C=O) groups is 1. The highest BCUT2D eigenvalue weighted by Crippen LogP contribution is 2.23. The third kappa shape index (κ3) is 3.96. The van der Waals surface area contributed by atoms with Crippen LogP contribution in [0.25, 0.3) is 0 Å². The van der Waals surface area contributed by atoms with Gasteiger partial charge in [0.05, 0.1) is 7.11 Å². The van der Waals surface area contributed by atoms with Crippen molar-refractivity contribution in [1.29, 1.82) is 0 Å². The van der Waals surface area contributed by atoms with Crippen molar-refractivity contribution >= 4 is 11.6 Å². The van der Waals surface area contributed by atoms with E-state index < -0.39 is 6.10 Å². The highest BCUT2D eigenvalue weighted by Gasteiger charge is 2.26. The maximum absolute atomic E-state index is 12.7. The van der Waals surface area contributed by atoms with E-state index in [0.717, 1.165) is 30.8 Å². The zero-order chi connectivity index (χ0) is 18.5. The van der Waals surface area contributed by atoms with E-state index in [0.29, 0.717) is 24.4 Å². The van der Waals surface area contributed by atoms with Crippen LogP contribution in [0.5, 0.6) is 5.75 Å². The molecule has 0 saturated carbocycles. The van der Waals surface area contributed by atoms with Crippen molar-refractivity contribution in [3.63, 3.8) is 0 Å². The van der Waals surface area contributed by atoms with Crippen molar-refractivity contribution in [3.8, 4) is 5.75 Å². The van der Waals surface area contributed by atoms with E-state index in [9.17, 15) is 9.90 Å². The van der Waals surface area contributed by atoms with Gasteiger partial charge in [-0.15, -0.1) is 0 Å². The molecule has 1 aromatic heterocycles. The average molecular weight is 355 g/mol. The SMILES string of the molecule is COc1ccc([C@@H](O)C(=O)N2CCCN(c3ccncc3C)CC2)cc1. The Balaban J connectivity index is 1.66. The minimum Gasteiger partial charge on any atom is -0.497 e. The van der Waals surface area contributed by atoms with Gasteiger partial charge in [0.25, 0.3) is 5.91 Å². The maximum Gasteiger partial charge on any atom is 0.256 e. The van der Waals surface area contributed by atoms with Gasteiger partial charge < -0.3 is 19.6 Å². The van der Waals surface area contributed by atoms with Gasteiger partial charge in [0, 0.05) is 44.3 Å². The maximum atomic E-state index is 12.7. The van der Waals surface area contributed by atoms with Crippen LogP contribution in [0.2, 0.25) is 0 Å². The van der Waals surface area contributed by atoms with Crippen LogP contribution < -0.4 is 9.64 Å². The molecule has 1 amide bonds. The topological polar surface area (TPSA) is 65.9 Å². The molecular formula is C20H25N3O3. The van der Waals surface area contributed by atoms with Gasteiger partial charge >= 0.3 is 0 Å². The first-order valence-electron chi connectivity index (χ1n) is 8.86. The van der Waals surface area contributed by atoms with Crippen LogP contribution in [-0.4, -0.2) is 54.2 Å². The van der Waals surface area contributed by atoms with E-state index in [1.165, 1.54) is 0 Å². The number of aliphatic hydroxyl groups is 1. The molecule has 1 atom stereocenters. The van der Waals surface area contributed by atoms with Gasteiger partial charge in [-0.3, -0.25) is 9.78 Å². The molecule has 138 valence electrons. The molecule has 1 aromatic carbocycles. The first-order chi connectivity index (χ1) is 12.6. The van der Waals surface area contributed by atoms with E-state index in [2.05, 4.69) is 9.88 Å². The molecule has 26 heavy (non-hydrogen) atoms. The van der Waals surface area contributed by atoms with Crippen LogP contribution in [-0.2, 0) is 4.79 Å². The molecule has 0 bridgehead atoms. The van der Waals surface area contributed by atoms with Gasteiger partial charge in [-0.1, -0.05) is 12.1 Å². The number of anilines is 1. The Morgan fingerprint density at radius 3 is 2.62 bits per heavy atom. The number of pyridine rings is 1. The Morgan fingerprint density at radius 1 is 1.15 bits per heavy atom. The standard InChI is InChI=1S/C20H25N3O3/c1-15-14-21-9-8-18(15)22-10-3-11-23(13-12-22)20(25)19(24)16-4-6-17(26-2)7-5-16/h4-9,14,19,24H,3,10-13H2,1-2H3/t19-/m1/s1. The van der Waals surface area contributed by atoms with E-state index in [4.69, 9.17) is 4.74 Å². The number of hydrogen-bond acceptors (Lipinski definition) is 5. The Kier molecular flexibility index (Phi) is 5.73. The van der Waals surface area contributed by atoms with Gasteiger partial charge in [-0.2, -0.15) is 0 Å². The van der Waals surface area contributed by atoms with Gasteiger partial charge in [0.2, 0.25) is 0 Å². The molecule has 2 aromatic rings. The van der Waals surface area contributed by atoms with Crippen molar-refractivity contribution in [2.45, 2.75) is 19.4 Å². The van der Waals surface area contributed by atoms with E-state index in [-0.39, 0.29) is 5.91 Å². The molecule has 0 unspecified atom stereocenters. The second-order valence-corrected chi connectivity index (χ2v) is 6.50. The molecule has 0 spiro atoms. The first kappa shape index (κ1) is 18.2. The number of aliphatic hydroxyl groups excluding tert-OH is 1. The molecule has 0 radical (unpaired) electrons. The van der Waals surface area contributed by atoms with Crippen LogP contribution in [0.1, 0.15) is 23.7 Å². The molecule has 1 aliphatic heterocycles. The fourth-order valence-corrected chi connectivity index (χ4v) is 3.30. The van der Waals surface area contributed by atoms with Crippen LogP contribution in [0.3, 0.4) is 0 Å². The van der Waals surface area contributed by atoms with Crippen molar-refractivity contribution in [3.05, 3.63) is 53.9 Å². The highest BCUT2D eigenvalue weighted by molar-refractivity contribution is 5.82. The Hall–Kier alpha value is -2.60. The van der Waals surface area contributed by atoms with Gasteiger partial charge in [-0.05, 0) is 42.7 Å². The number of amides is 1. The number of aryl methyl sites for hydroxylation is 1. The summed E-state index contributed by atoms with van der Waals surface area (Å²) >= 11 is 0. The zero-order valence-corrected chi connectivity index (χ0v) is 15.3. The lowest BCUT2D eigenvalue weighted by atomic mass is 10.1. The van der Waals surface area contributed by atoms with Gasteiger partial charge in [0.15, 0.2) is 6.10 Å². The van der Waals surface area contributed by atoms with Crippen molar-refractivity contribution in [2.24, 2.45) is 0 Å². The van der Waals surface area contributed by atoms with Gasteiger partial charge in [-0.25, -0.2) is 0 Å². The molecule has 2 heterocycles. The molecule has 3 rings (SSSR count). The minimum atomic E-state index is -1.14. The Morgan fingerprint density at radius 2 is 1.92 bits per heavy atom. The summed E-state index contributed by atoms with van der Waals surface area (Å²) in [6, 6.07) is 8.97. The Labute approximate surface area is 154 Å². The van der Waals surface area contributed by atoms with Crippen LogP contribution >= 0.6 is 0 Å². The first-order valence-corrected chi connectivity index (χ1v) is 8.86. The monoisotopic (exact) mass is 355 g/mol. The van der Waals surface area contributed by atoms with Crippen molar-refractivity contribution in [2.75, 3.05) is 38.2 Å². The molecule has 6 heteroatoms. The average Bonchev–Trinajstić information content (AvgIpc) is 2.93. The summed E-state index contributed by atoms with van der Waals surface area (Å²) in [6.07, 6.45) is 3.37. The number of benzene rings is 1. The second kappa shape index (κ2) is 8.19. The molecule has 1 saturated heterocycles. The predicted molar refractivity (Wildman–Crippen MR) is 100 cm³/mol. The predicted octanol–water partition coefficient (Wildman–Crippen LogP) is 2.17.